The number of aliphatic imine (C=N–C) groups is 1. The second-order valence-electron chi connectivity index (χ2n) is 10.3. The van der Waals surface area contributed by atoms with Crippen LogP contribution in [-0.2, 0) is 11.2 Å². The number of fused-ring (bicyclic) bond motifs is 2. The number of benzene rings is 4. The van der Waals surface area contributed by atoms with Crippen molar-refractivity contribution in [2.24, 2.45) is 4.99 Å². The lowest BCUT2D eigenvalue weighted by Crippen LogP contribution is -2.47. The third-order valence-corrected chi connectivity index (χ3v) is 8.06. The van der Waals surface area contributed by atoms with E-state index < -0.39 is 0 Å². The molecule has 0 amide bonds. The predicted octanol–water partition coefficient (Wildman–Crippen LogP) is 7.60. The molecule has 0 spiro atoms. The van der Waals surface area contributed by atoms with E-state index >= 15 is 0 Å². The number of nitrogens with zero attached hydrogens (tertiary/aromatic N) is 3. The molecular formula is C34H34ClN3O4S. The molecule has 9 heteroatoms. The van der Waals surface area contributed by atoms with Crippen LogP contribution >= 0.6 is 23.6 Å². The molecule has 2 aliphatic heterocycles. The van der Waals surface area contributed by atoms with Gasteiger partial charge in [0, 0.05) is 42.5 Å². The summed E-state index contributed by atoms with van der Waals surface area (Å²) >= 11 is 7.51. The van der Waals surface area contributed by atoms with Crippen molar-refractivity contribution in [2.45, 2.75) is 18.2 Å². The molecule has 6 rings (SSSR count). The van der Waals surface area contributed by atoms with E-state index in [4.69, 9.17) is 30.3 Å². The maximum absolute atomic E-state index is 10.5. The fourth-order valence-corrected chi connectivity index (χ4v) is 5.39. The number of likely N-dealkylation sites (N-methyl/N-ethyl adjacent to an activating group) is 1. The van der Waals surface area contributed by atoms with Crippen molar-refractivity contribution in [3.8, 4) is 23.0 Å². The van der Waals surface area contributed by atoms with Crippen LogP contribution in [0.5, 0.6) is 23.0 Å². The largest absolute Gasteiger partial charge is 0.493 e. The molecule has 0 atom stereocenters. The lowest BCUT2D eigenvalue weighted by Gasteiger charge is -2.34. The Labute approximate surface area is 262 Å². The third kappa shape index (κ3) is 7.90. The SMILES string of the molecule is CN1CCN(C2=Nc3ccccc3Oc3ccc(Cl)cc32)CC1.COc1cc(CC=O)ccc1OSc1ccc(C)cc1. The summed E-state index contributed by atoms with van der Waals surface area (Å²) < 4.78 is 17.1. The van der Waals surface area contributed by atoms with E-state index in [2.05, 4.69) is 16.8 Å². The number of halogens is 1. The number of piperazine rings is 1. The van der Waals surface area contributed by atoms with Gasteiger partial charge in [0.2, 0.25) is 0 Å². The van der Waals surface area contributed by atoms with Gasteiger partial charge in [-0.3, -0.25) is 0 Å². The first-order valence-corrected chi connectivity index (χ1v) is 15.2. The van der Waals surface area contributed by atoms with Gasteiger partial charge < -0.3 is 28.3 Å². The van der Waals surface area contributed by atoms with Crippen LogP contribution in [0.3, 0.4) is 0 Å². The molecule has 0 aliphatic carbocycles. The Morgan fingerprint density at radius 1 is 0.930 bits per heavy atom. The number of ether oxygens (including phenoxy) is 2. The van der Waals surface area contributed by atoms with Crippen molar-refractivity contribution >= 4 is 41.5 Å². The van der Waals surface area contributed by atoms with Crippen LogP contribution in [0.25, 0.3) is 0 Å². The van der Waals surface area contributed by atoms with E-state index in [-0.39, 0.29) is 0 Å². The minimum atomic E-state index is 0.377. The summed E-state index contributed by atoms with van der Waals surface area (Å²) in [6.07, 6.45) is 1.25. The number of amidine groups is 1. The molecule has 0 bridgehead atoms. The fourth-order valence-electron chi connectivity index (χ4n) is 4.64. The van der Waals surface area contributed by atoms with Crippen LogP contribution in [0.1, 0.15) is 16.7 Å². The molecule has 2 heterocycles. The minimum absolute atomic E-state index is 0.377. The Balaban J connectivity index is 0.000000173. The van der Waals surface area contributed by atoms with Gasteiger partial charge in [0.05, 0.1) is 24.7 Å². The lowest BCUT2D eigenvalue weighted by molar-refractivity contribution is -0.107. The Kier molecular flexibility index (Phi) is 10.3. The van der Waals surface area contributed by atoms with Gasteiger partial charge in [0.15, 0.2) is 17.2 Å². The van der Waals surface area contributed by atoms with Gasteiger partial charge in [-0.25, -0.2) is 4.99 Å². The summed E-state index contributed by atoms with van der Waals surface area (Å²) in [5.41, 5.74) is 3.93. The molecular weight excluding hydrogens is 582 g/mol. The zero-order valence-corrected chi connectivity index (χ0v) is 26.0. The normalized spacial score (nSPS) is 14.1. The quantitative estimate of drug-likeness (QED) is 0.163. The molecule has 1 saturated heterocycles. The number of aldehydes is 1. The van der Waals surface area contributed by atoms with Crippen LogP contribution in [0.2, 0.25) is 5.02 Å². The van der Waals surface area contributed by atoms with Crippen molar-refractivity contribution in [1.82, 2.24) is 9.80 Å². The van der Waals surface area contributed by atoms with E-state index in [0.29, 0.717) is 22.9 Å². The van der Waals surface area contributed by atoms with Crippen molar-refractivity contribution in [1.29, 1.82) is 0 Å². The van der Waals surface area contributed by atoms with E-state index in [1.807, 2.05) is 91.9 Å². The first kappa shape index (κ1) is 30.5. The van der Waals surface area contributed by atoms with Crippen LogP contribution in [0.4, 0.5) is 5.69 Å². The second kappa shape index (κ2) is 14.5. The monoisotopic (exact) mass is 615 g/mol. The second-order valence-corrected chi connectivity index (χ2v) is 11.5. The summed E-state index contributed by atoms with van der Waals surface area (Å²) in [4.78, 5) is 21.1. The molecule has 0 radical (unpaired) electrons. The summed E-state index contributed by atoms with van der Waals surface area (Å²) in [5.74, 6) is 3.80. The lowest BCUT2D eigenvalue weighted by atomic mass is 10.1. The number of rotatable bonds is 6. The number of carbonyl (C=O) groups excluding carboxylic acids is 1. The first-order valence-electron chi connectivity index (χ1n) is 14.0. The predicted molar refractivity (Wildman–Crippen MR) is 174 cm³/mol. The molecule has 0 unspecified atom stereocenters. The van der Waals surface area contributed by atoms with Gasteiger partial charge in [-0.05, 0) is 74.1 Å². The van der Waals surface area contributed by atoms with Crippen molar-refractivity contribution in [2.75, 3.05) is 40.3 Å². The van der Waals surface area contributed by atoms with Gasteiger partial charge in [-0.2, -0.15) is 0 Å². The molecule has 1 fully saturated rings. The smallest absolute Gasteiger partial charge is 0.179 e. The highest BCUT2D eigenvalue weighted by Gasteiger charge is 2.25. The number of para-hydroxylation sites is 2. The van der Waals surface area contributed by atoms with E-state index in [9.17, 15) is 4.79 Å². The van der Waals surface area contributed by atoms with Crippen LogP contribution < -0.4 is 13.7 Å². The van der Waals surface area contributed by atoms with Crippen LogP contribution in [-0.4, -0.2) is 62.3 Å². The number of carbonyl (C=O) groups is 1. The van der Waals surface area contributed by atoms with Gasteiger partial charge in [0.1, 0.15) is 23.6 Å². The van der Waals surface area contributed by atoms with Gasteiger partial charge in [-0.1, -0.05) is 47.5 Å². The molecule has 222 valence electrons. The summed E-state index contributed by atoms with van der Waals surface area (Å²) in [7, 11) is 3.74. The minimum Gasteiger partial charge on any atom is -0.493 e. The van der Waals surface area contributed by atoms with Crippen LogP contribution in [0.15, 0.2) is 94.8 Å². The van der Waals surface area contributed by atoms with Gasteiger partial charge in [-0.15, -0.1) is 0 Å². The Hall–Kier alpha value is -3.98. The Morgan fingerprint density at radius 2 is 1.70 bits per heavy atom. The molecule has 0 saturated carbocycles. The maximum atomic E-state index is 10.5. The standard InChI is InChI=1S/C18H18ClN3O.C16H16O3S/c1-21-8-10-22(11-9-21)18-14-12-13(19)6-7-16(14)23-17-5-3-2-4-15(17)20-18;1-12-3-6-14(7-4-12)20-19-15-8-5-13(9-10-17)11-16(15)18-2/h2-7,12H,8-11H2,1H3;3-8,10-11H,9H2,1-2H3. The summed E-state index contributed by atoms with van der Waals surface area (Å²) in [6.45, 7) is 5.99. The third-order valence-electron chi connectivity index (χ3n) is 7.09. The number of aryl methyl sites for hydroxylation is 1. The average Bonchev–Trinajstić information content (AvgIpc) is 3.18. The zero-order valence-electron chi connectivity index (χ0n) is 24.5. The van der Waals surface area contributed by atoms with Crippen molar-refractivity contribution in [3.63, 3.8) is 0 Å². The highest BCUT2D eigenvalue weighted by molar-refractivity contribution is 7.95. The topological polar surface area (TPSA) is 63.6 Å². The molecule has 4 aromatic carbocycles. The summed E-state index contributed by atoms with van der Waals surface area (Å²) in [5, 5.41) is 0.695. The first-order chi connectivity index (χ1) is 20.9. The highest BCUT2D eigenvalue weighted by Crippen LogP contribution is 2.39. The number of hydrogen-bond donors (Lipinski definition) is 0. The van der Waals surface area contributed by atoms with Crippen LogP contribution in [0, 0.1) is 6.92 Å². The molecule has 7 nitrogen and oxygen atoms in total. The molecule has 4 aromatic rings. The van der Waals surface area contributed by atoms with Crippen molar-refractivity contribution in [3.05, 3.63) is 107 Å². The van der Waals surface area contributed by atoms with E-state index in [0.717, 1.165) is 71.5 Å². The Morgan fingerprint density at radius 3 is 2.44 bits per heavy atom. The number of hydrogen-bond acceptors (Lipinski definition) is 8. The average molecular weight is 616 g/mol. The molecule has 2 aliphatic rings. The van der Waals surface area contributed by atoms with E-state index in [1.165, 1.54) is 17.6 Å². The maximum Gasteiger partial charge on any atom is 0.179 e. The molecule has 43 heavy (non-hydrogen) atoms. The van der Waals surface area contributed by atoms with Gasteiger partial charge in [0.25, 0.3) is 0 Å². The molecule has 0 aromatic heterocycles. The highest BCUT2D eigenvalue weighted by atomic mass is 35.5. The zero-order chi connectivity index (χ0) is 30.2. The fraction of sp³-hybridized carbons (Fsp3) is 0.235. The van der Waals surface area contributed by atoms with Gasteiger partial charge >= 0.3 is 0 Å². The number of methoxy groups -OCH3 is 1. The summed E-state index contributed by atoms with van der Waals surface area (Å²) in [6, 6.07) is 27.2. The molecule has 0 N–H and O–H groups in total. The Bertz CT molecular complexity index is 1590. The van der Waals surface area contributed by atoms with Crippen molar-refractivity contribution < 1.29 is 18.5 Å². The van der Waals surface area contributed by atoms with E-state index in [1.54, 1.807) is 7.11 Å².